The predicted molar refractivity (Wildman–Crippen MR) is 51.9 cm³/mol. The van der Waals surface area contributed by atoms with Crippen LogP contribution in [-0.4, -0.2) is 16.9 Å². The highest BCUT2D eigenvalue weighted by atomic mass is 32.1. The molecule has 0 spiro atoms. The highest BCUT2D eigenvalue weighted by Gasteiger charge is 2.04. The lowest BCUT2D eigenvalue weighted by atomic mass is 10.5. The van der Waals surface area contributed by atoms with Gasteiger partial charge in [-0.3, -0.25) is 9.59 Å². The second-order valence-corrected chi connectivity index (χ2v) is 3.46. The summed E-state index contributed by atoms with van der Waals surface area (Å²) in [7, 11) is 0. The lowest BCUT2D eigenvalue weighted by Crippen LogP contribution is -2.05. The fourth-order valence-corrected chi connectivity index (χ4v) is 1.50. The molecule has 1 rings (SSSR count). The van der Waals surface area contributed by atoms with Crippen LogP contribution in [0.3, 0.4) is 0 Å². The Labute approximate surface area is 85.1 Å². The maximum atomic E-state index is 10.7. The van der Waals surface area contributed by atoms with E-state index in [1.54, 1.807) is 5.38 Å². The fraction of sp³-hybridized carbons (Fsp3) is 0.375. The van der Waals surface area contributed by atoms with E-state index >= 15 is 0 Å². The van der Waals surface area contributed by atoms with E-state index in [-0.39, 0.29) is 18.5 Å². The Balaban J connectivity index is 2.50. The Bertz CT molecular complexity index is 348. The molecule has 1 amide bonds. The number of ether oxygens (including phenoxy) is 1. The van der Waals surface area contributed by atoms with Crippen LogP contribution in [0.25, 0.3) is 0 Å². The highest BCUT2D eigenvalue weighted by Crippen LogP contribution is 2.15. The van der Waals surface area contributed by atoms with Gasteiger partial charge in [-0.05, 0) is 0 Å². The molecule has 14 heavy (non-hydrogen) atoms. The van der Waals surface area contributed by atoms with E-state index in [0.717, 1.165) is 0 Å². The lowest BCUT2D eigenvalue weighted by molar-refractivity contribution is -0.142. The van der Waals surface area contributed by atoms with E-state index < -0.39 is 0 Å². The minimum Gasteiger partial charge on any atom is -0.459 e. The third-order valence-electron chi connectivity index (χ3n) is 1.26. The summed E-state index contributed by atoms with van der Waals surface area (Å²) in [6, 6.07) is 0. The fourth-order valence-electron chi connectivity index (χ4n) is 0.757. The Morgan fingerprint density at radius 2 is 2.29 bits per heavy atom. The van der Waals surface area contributed by atoms with E-state index in [9.17, 15) is 9.59 Å². The molecule has 1 heterocycles. The maximum Gasteiger partial charge on any atom is 0.303 e. The van der Waals surface area contributed by atoms with Crippen molar-refractivity contribution in [2.45, 2.75) is 20.5 Å². The zero-order chi connectivity index (χ0) is 10.6. The Kier molecular flexibility index (Phi) is 3.58. The quantitative estimate of drug-likeness (QED) is 0.767. The number of aromatic nitrogens is 1. The summed E-state index contributed by atoms with van der Waals surface area (Å²) in [6.07, 6.45) is 0. The van der Waals surface area contributed by atoms with Gasteiger partial charge in [-0.15, -0.1) is 11.3 Å². The first-order valence-corrected chi connectivity index (χ1v) is 4.81. The predicted octanol–water partition coefficient (Wildman–Crippen LogP) is 1.16. The molecule has 0 fully saturated rings. The standard InChI is InChI=1S/C8H10N2O3S/c1-5(11)9-8-10-7(4-14-8)3-13-6(2)12/h4H,3H2,1-2H3,(H,9,10,11). The van der Waals surface area contributed by atoms with Crippen LogP contribution in [0.2, 0.25) is 0 Å². The minimum absolute atomic E-state index is 0.144. The average Bonchev–Trinajstić information content (AvgIpc) is 2.47. The molecule has 0 aliphatic carbocycles. The molecule has 0 saturated heterocycles. The van der Waals surface area contributed by atoms with Gasteiger partial charge in [0.1, 0.15) is 6.61 Å². The van der Waals surface area contributed by atoms with Crippen molar-refractivity contribution in [1.82, 2.24) is 4.98 Å². The van der Waals surface area contributed by atoms with Crippen molar-refractivity contribution in [2.24, 2.45) is 0 Å². The number of rotatable bonds is 3. The highest BCUT2D eigenvalue weighted by molar-refractivity contribution is 7.13. The molecule has 76 valence electrons. The molecule has 0 saturated carbocycles. The van der Waals surface area contributed by atoms with Gasteiger partial charge in [-0.25, -0.2) is 4.98 Å². The summed E-state index contributed by atoms with van der Waals surface area (Å²) < 4.78 is 4.74. The molecule has 1 N–H and O–H groups in total. The van der Waals surface area contributed by atoms with E-state index in [4.69, 9.17) is 4.74 Å². The van der Waals surface area contributed by atoms with E-state index in [2.05, 4.69) is 10.3 Å². The van der Waals surface area contributed by atoms with Gasteiger partial charge in [-0.2, -0.15) is 0 Å². The molecule has 0 unspecified atom stereocenters. The zero-order valence-electron chi connectivity index (χ0n) is 7.86. The van der Waals surface area contributed by atoms with Crippen LogP contribution in [0, 0.1) is 0 Å². The van der Waals surface area contributed by atoms with E-state index in [1.807, 2.05) is 0 Å². The maximum absolute atomic E-state index is 10.7. The number of esters is 1. The number of carbonyl (C=O) groups excluding carboxylic acids is 2. The molecule has 1 aromatic rings. The number of carbonyl (C=O) groups is 2. The Morgan fingerprint density at radius 1 is 1.57 bits per heavy atom. The SMILES string of the molecule is CC(=O)Nc1nc(COC(C)=O)cs1. The van der Waals surface area contributed by atoms with Crippen molar-refractivity contribution in [2.75, 3.05) is 5.32 Å². The van der Waals surface area contributed by atoms with Gasteiger partial charge in [0.2, 0.25) is 5.91 Å². The molecule has 1 aromatic heterocycles. The van der Waals surface area contributed by atoms with Gasteiger partial charge in [-0.1, -0.05) is 0 Å². The lowest BCUT2D eigenvalue weighted by Gasteiger charge is -1.97. The molecule has 0 atom stereocenters. The minimum atomic E-state index is -0.348. The van der Waals surface area contributed by atoms with Crippen LogP contribution >= 0.6 is 11.3 Å². The number of hydrogen-bond acceptors (Lipinski definition) is 5. The third kappa shape index (κ3) is 3.53. The molecule has 6 heteroatoms. The molecule has 0 aliphatic rings. The van der Waals surface area contributed by atoms with Gasteiger partial charge in [0.05, 0.1) is 5.69 Å². The molecule has 0 radical (unpaired) electrons. The number of anilines is 1. The van der Waals surface area contributed by atoms with Crippen LogP contribution in [0.5, 0.6) is 0 Å². The first-order chi connectivity index (χ1) is 6.58. The Morgan fingerprint density at radius 3 is 2.86 bits per heavy atom. The van der Waals surface area contributed by atoms with Crippen LogP contribution < -0.4 is 5.32 Å². The van der Waals surface area contributed by atoms with Crippen LogP contribution in [0.1, 0.15) is 19.5 Å². The molecule has 0 aromatic carbocycles. The third-order valence-corrected chi connectivity index (χ3v) is 2.06. The van der Waals surface area contributed by atoms with Crippen molar-refractivity contribution in [3.8, 4) is 0 Å². The van der Waals surface area contributed by atoms with Crippen molar-refractivity contribution in [3.63, 3.8) is 0 Å². The smallest absolute Gasteiger partial charge is 0.303 e. The number of amides is 1. The van der Waals surface area contributed by atoms with Gasteiger partial charge >= 0.3 is 5.97 Å². The second kappa shape index (κ2) is 4.71. The Hall–Kier alpha value is -1.43. The number of nitrogens with one attached hydrogen (secondary N) is 1. The molecular formula is C8H10N2O3S. The summed E-state index contributed by atoms with van der Waals surface area (Å²) >= 11 is 1.30. The van der Waals surface area contributed by atoms with Crippen molar-refractivity contribution >= 4 is 28.3 Å². The number of thiazole rings is 1. The van der Waals surface area contributed by atoms with Crippen LogP contribution in [0.4, 0.5) is 5.13 Å². The van der Waals surface area contributed by atoms with Gasteiger partial charge in [0.15, 0.2) is 5.13 Å². The summed E-state index contributed by atoms with van der Waals surface area (Å²) in [4.78, 5) is 25.2. The van der Waals surface area contributed by atoms with Crippen molar-refractivity contribution in [3.05, 3.63) is 11.1 Å². The van der Waals surface area contributed by atoms with E-state index in [0.29, 0.717) is 10.8 Å². The van der Waals surface area contributed by atoms with Crippen LogP contribution in [0.15, 0.2) is 5.38 Å². The number of nitrogens with zero attached hydrogens (tertiary/aromatic N) is 1. The molecule has 0 bridgehead atoms. The van der Waals surface area contributed by atoms with E-state index in [1.165, 1.54) is 25.2 Å². The summed E-state index contributed by atoms with van der Waals surface area (Å²) in [5, 5.41) is 4.78. The molecule has 5 nitrogen and oxygen atoms in total. The van der Waals surface area contributed by atoms with Crippen LogP contribution in [-0.2, 0) is 20.9 Å². The van der Waals surface area contributed by atoms with Gasteiger partial charge in [0.25, 0.3) is 0 Å². The van der Waals surface area contributed by atoms with Gasteiger partial charge < -0.3 is 10.1 Å². The number of hydrogen-bond donors (Lipinski definition) is 1. The first-order valence-electron chi connectivity index (χ1n) is 3.93. The monoisotopic (exact) mass is 214 g/mol. The van der Waals surface area contributed by atoms with Gasteiger partial charge in [0, 0.05) is 19.2 Å². The molecule has 0 aliphatic heterocycles. The first kappa shape index (κ1) is 10.6. The largest absolute Gasteiger partial charge is 0.459 e. The van der Waals surface area contributed by atoms with Crippen molar-refractivity contribution in [1.29, 1.82) is 0 Å². The second-order valence-electron chi connectivity index (χ2n) is 2.61. The summed E-state index contributed by atoms with van der Waals surface area (Å²) in [5.74, 6) is -0.516. The zero-order valence-corrected chi connectivity index (χ0v) is 8.68. The average molecular weight is 214 g/mol. The van der Waals surface area contributed by atoms with Crippen molar-refractivity contribution < 1.29 is 14.3 Å². The topological polar surface area (TPSA) is 68.3 Å². The normalized spacial score (nSPS) is 9.57. The summed E-state index contributed by atoms with van der Waals surface area (Å²) in [6.45, 7) is 2.89. The summed E-state index contributed by atoms with van der Waals surface area (Å²) in [5.41, 5.74) is 0.633. The molecular weight excluding hydrogens is 204 g/mol.